The van der Waals surface area contributed by atoms with Gasteiger partial charge in [-0.15, -0.1) is 0 Å². The zero-order valence-electron chi connectivity index (χ0n) is 13.3. The average Bonchev–Trinajstić information content (AvgIpc) is 2.24. The quantitative estimate of drug-likeness (QED) is 0.488. The smallest absolute Gasteiger partial charge is 0.0471 e. The maximum Gasteiger partial charge on any atom is 0.0471 e. The monoisotopic (exact) mass is 244 g/mol. The van der Waals surface area contributed by atoms with Crippen LogP contribution in [0.25, 0.3) is 0 Å². The Kier molecular flexibility index (Phi) is 15.9. The highest BCUT2D eigenvalue weighted by molar-refractivity contribution is 4.59. The largest absolute Gasteiger partial charge is 0.381 e. The van der Waals surface area contributed by atoms with Crippen molar-refractivity contribution < 1.29 is 4.74 Å². The fourth-order valence-electron chi connectivity index (χ4n) is 1.29. The Morgan fingerprint density at radius 3 is 1.59 bits per heavy atom. The molecule has 0 aliphatic heterocycles. The van der Waals surface area contributed by atoms with E-state index < -0.39 is 0 Å². The van der Waals surface area contributed by atoms with Crippen LogP contribution in [0.5, 0.6) is 0 Å². The lowest BCUT2D eigenvalue weighted by molar-refractivity contribution is 0.105. The predicted molar refractivity (Wildman–Crippen MR) is 79.6 cm³/mol. The maximum absolute atomic E-state index is 5.51. The third-order valence-corrected chi connectivity index (χ3v) is 2.60. The third kappa shape index (κ3) is 25.9. The van der Waals surface area contributed by atoms with Crippen LogP contribution in [0.4, 0.5) is 0 Å². The second kappa shape index (κ2) is 14.0. The summed E-state index contributed by atoms with van der Waals surface area (Å²) < 4.78 is 5.51. The molecule has 0 rings (SSSR count). The van der Waals surface area contributed by atoms with Crippen LogP contribution in [0.15, 0.2) is 0 Å². The van der Waals surface area contributed by atoms with Crippen molar-refractivity contribution in [3.63, 3.8) is 0 Å². The van der Waals surface area contributed by atoms with E-state index in [4.69, 9.17) is 4.74 Å². The molecular formula is C16H36O. The zero-order valence-corrected chi connectivity index (χ0v) is 13.3. The van der Waals surface area contributed by atoms with Crippen molar-refractivity contribution in [2.45, 2.75) is 86.5 Å². The van der Waals surface area contributed by atoms with Crippen molar-refractivity contribution in [3.05, 3.63) is 0 Å². The van der Waals surface area contributed by atoms with Crippen LogP contribution in [0.1, 0.15) is 86.5 Å². The summed E-state index contributed by atoms with van der Waals surface area (Å²) in [6, 6.07) is 0. The van der Waals surface area contributed by atoms with Crippen molar-refractivity contribution in [3.8, 4) is 0 Å². The van der Waals surface area contributed by atoms with E-state index in [1.165, 1.54) is 44.9 Å². The van der Waals surface area contributed by atoms with E-state index in [-0.39, 0.29) is 0 Å². The van der Waals surface area contributed by atoms with Gasteiger partial charge in [-0.3, -0.25) is 0 Å². The number of hydrogen-bond acceptors (Lipinski definition) is 1. The summed E-state index contributed by atoms with van der Waals surface area (Å²) in [5, 5.41) is 0. The molecule has 106 valence electrons. The molecule has 0 atom stereocenters. The SMILES string of the molecule is CCCCC.CCCCCOCCC(C)(C)C. The lowest BCUT2D eigenvalue weighted by atomic mass is 9.93. The fraction of sp³-hybridized carbons (Fsp3) is 1.00. The standard InChI is InChI=1S/C11H24O.C5H12/c1-5-6-7-9-12-10-8-11(2,3)4;1-3-5-4-2/h5-10H2,1-4H3;3-5H2,1-2H3. The Hall–Kier alpha value is -0.0400. The molecule has 0 fully saturated rings. The van der Waals surface area contributed by atoms with E-state index in [9.17, 15) is 0 Å². The first-order valence-corrected chi connectivity index (χ1v) is 7.55. The summed E-state index contributed by atoms with van der Waals surface area (Å²) in [6.45, 7) is 15.3. The summed E-state index contributed by atoms with van der Waals surface area (Å²) in [5.41, 5.74) is 0.421. The Morgan fingerprint density at radius 1 is 0.706 bits per heavy atom. The van der Waals surface area contributed by atoms with Gasteiger partial charge in [-0.25, -0.2) is 0 Å². The molecular weight excluding hydrogens is 208 g/mol. The molecule has 0 radical (unpaired) electrons. The summed E-state index contributed by atoms with van der Waals surface area (Å²) in [6.07, 6.45) is 9.05. The van der Waals surface area contributed by atoms with Crippen molar-refractivity contribution in [1.29, 1.82) is 0 Å². The summed E-state index contributed by atoms with van der Waals surface area (Å²) in [4.78, 5) is 0. The molecule has 0 spiro atoms. The fourth-order valence-corrected chi connectivity index (χ4v) is 1.29. The molecule has 0 saturated heterocycles. The first kappa shape index (κ1) is 19.3. The van der Waals surface area contributed by atoms with E-state index in [2.05, 4.69) is 41.5 Å². The van der Waals surface area contributed by atoms with E-state index in [1.807, 2.05) is 0 Å². The van der Waals surface area contributed by atoms with Gasteiger partial charge >= 0.3 is 0 Å². The Morgan fingerprint density at radius 2 is 1.24 bits per heavy atom. The maximum atomic E-state index is 5.51. The highest BCUT2D eigenvalue weighted by Crippen LogP contribution is 2.17. The van der Waals surface area contributed by atoms with Crippen LogP contribution < -0.4 is 0 Å². The number of ether oxygens (including phenoxy) is 1. The second-order valence-corrected chi connectivity index (χ2v) is 5.98. The predicted octanol–water partition coefficient (Wildman–Crippen LogP) is 5.83. The molecule has 0 amide bonds. The minimum Gasteiger partial charge on any atom is -0.381 e. The van der Waals surface area contributed by atoms with Crippen molar-refractivity contribution in [2.75, 3.05) is 13.2 Å². The van der Waals surface area contributed by atoms with Crippen LogP contribution >= 0.6 is 0 Å². The van der Waals surface area contributed by atoms with Crippen molar-refractivity contribution in [2.24, 2.45) is 5.41 Å². The molecule has 1 nitrogen and oxygen atoms in total. The van der Waals surface area contributed by atoms with Gasteiger partial charge in [-0.05, 0) is 18.3 Å². The Labute approximate surface area is 110 Å². The molecule has 0 aromatic carbocycles. The van der Waals surface area contributed by atoms with Gasteiger partial charge < -0.3 is 4.74 Å². The van der Waals surface area contributed by atoms with Gasteiger partial charge in [0.25, 0.3) is 0 Å². The first-order valence-electron chi connectivity index (χ1n) is 7.55. The number of unbranched alkanes of at least 4 members (excludes halogenated alkanes) is 4. The van der Waals surface area contributed by atoms with E-state index in [0.717, 1.165) is 13.2 Å². The van der Waals surface area contributed by atoms with E-state index in [1.54, 1.807) is 0 Å². The lowest BCUT2D eigenvalue weighted by Crippen LogP contribution is -2.09. The minimum absolute atomic E-state index is 0.421. The highest BCUT2D eigenvalue weighted by Gasteiger charge is 2.08. The molecule has 0 aromatic heterocycles. The molecule has 0 unspecified atom stereocenters. The normalized spacial score (nSPS) is 10.9. The zero-order chi connectivity index (χ0) is 13.6. The molecule has 0 saturated carbocycles. The van der Waals surface area contributed by atoms with Crippen LogP contribution in [0, 0.1) is 5.41 Å². The molecule has 17 heavy (non-hydrogen) atoms. The average molecular weight is 244 g/mol. The molecule has 1 heteroatoms. The van der Waals surface area contributed by atoms with Gasteiger partial charge in [0.05, 0.1) is 0 Å². The highest BCUT2D eigenvalue weighted by atomic mass is 16.5. The van der Waals surface area contributed by atoms with Gasteiger partial charge in [0.15, 0.2) is 0 Å². The van der Waals surface area contributed by atoms with Crippen molar-refractivity contribution in [1.82, 2.24) is 0 Å². The van der Waals surface area contributed by atoms with E-state index >= 15 is 0 Å². The van der Waals surface area contributed by atoms with Crippen LogP contribution in [-0.2, 0) is 4.74 Å². The van der Waals surface area contributed by atoms with E-state index in [0.29, 0.717) is 5.41 Å². The van der Waals surface area contributed by atoms with Gasteiger partial charge in [0.2, 0.25) is 0 Å². The van der Waals surface area contributed by atoms with Gasteiger partial charge in [0.1, 0.15) is 0 Å². The van der Waals surface area contributed by atoms with Gasteiger partial charge in [0, 0.05) is 13.2 Å². The van der Waals surface area contributed by atoms with Crippen LogP contribution in [0.3, 0.4) is 0 Å². The lowest BCUT2D eigenvalue weighted by Gasteiger charge is -2.17. The number of rotatable bonds is 8. The summed E-state index contributed by atoms with van der Waals surface area (Å²) >= 11 is 0. The van der Waals surface area contributed by atoms with Crippen LogP contribution in [-0.4, -0.2) is 13.2 Å². The molecule has 0 heterocycles. The van der Waals surface area contributed by atoms with Crippen LogP contribution in [0.2, 0.25) is 0 Å². The Bertz CT molecular complexity index is 122. The van der Waals surface area contributed by atoms with Gasteiger partial charge in [-0.2, -0.15) is 0 Å². The third-order valence-electron chi connectivity index (χ3n) is 2.60. The molecule has 0 aliphatic carbocycles. The minimum atomic E-state index is 0.421. The summed E-state index contributed by atoms with van der Waals surface area (Å²) in [5.74, 6) is 0. The summed E-state index contributed by atoms with van der Waals surface area (Å²) in [7, 11) is 0. The molecule has 0 N–H and O–H groups in total. The Balaban J connectivity index is 0. The molecule has 0 bridgehead atoms. The van der Waals surface area contributed by atoms with Gasteiger partial charge in [-0.1, -0.05) is 73.6 Å². The second-order valence-electron chi connectivity index (χ2n) is 5.98. The molecule has 0 aromatic rings. The first-order chi connectivity index (χ1) is 7.97. The number of hydrogen-bond donors (Lipinski definition) is 0. The van der Waals surface area contributed by atoms with Crippen molar-refractivity contribution >= 4 is 0 Å². The molecule has 0 aliphatic rings. The topological polar surface area (TPSA) is 9.23 Å².